The van der Waals surface area contributed by atoms with Crippen molar-refractivity contribution in [2.75, 3.05) is 0 Å². The van der Waals surface area contributed by atoms with E-state index >= 15 is 0 Å². The van der Waals surface area contributed by atoms with Gasteiger partial charge in [-0.25, -0.2) is 0 Å². The van der Waals surface area contributed by atoms with Gasteiger partial charge in [-0.15, -0.1) is 0 Å². The molecule has 0 aromatic carbocycles. The third-order valence-electron chi connectivity index (χ3n) is 1.76. The summed E-state index contributed by atoms with van der Waals surface area (Å²) in [5, 5.41) is 0. The van der Waals surface area contributed by atoms with Crippen LogP contribution in [0.25, 0.3) is 0 Å². The Morgan fingerprint density at radius 3 is 1.86 bits per heavy atom. The molecule has 0 spiro atoms. The molecular formula is C20H38O. The van der Waals surface area contributed by atoms with Gasteiger partial charge in [-0.2, -0.15) is 0 Å². The van der Waals surface area contributed by atoms with Crippen molar-refractivity contribution in [3.63, 3.8) is 0 Å². The summed E-state index contributed by atoms with van der Waals surface area (Å²) in [5.41, 5.74) is 1.10. The van der Waals surface area contributed by atoms with E-state index in [1.807, 2.05) is 73.6 Å². The number of ether oxygens (including phenoxy) is 1. The summed E-state index contributed by atoms with van der Waals surface area (Å²) in [5.74, 6) is 1.43. The fourth-order valence-corrected chi connectivity index (χ4v) is 1.12. The number of allylic oxidation sites excluding steroid dienone is 6. The first-order chi connectivity index (χ1) is 10.2. The second-order valence-electron chi connectivity index (χ2n) is 3.13. The van der Waals surface area contributed by atoms with Crippen LogP contribution in [0.15, 0.2) is 60.6 Å². The lowest BCUT2D eigenvalue weighted by Gasteiger charge is -2.09. The van der Waals surface area contributed by atoms with E-state index in [4.69, 9.17) is 4.74 Å². The van der Waals surface area contributed by atoms with E-state index in [1.165, 1.54) is 0 Å². The summed E-state index contributed by atoms with van der Waals surface area (Å²) in [4.78, 5) is 0. The lowest BCUT2D eigenvalue weighted by Crippen LogP contribution is -1.92. The highest BCUT2D eigenvalue weighted by Gasteiger charge is 2.00. The van der Waals surface area contributed by atoms with Crippen LogP contribution in [0.4, 0.5) is 0 Å². The Balaban J connectivity index is -0.000000212. The summed E-state index contributed by atoms with van der Waals surface area (Å²) in [7, 11) is 0. The monoisotopic (exact) mass is 294 g/mol. The molecular weight excluding hydrogens is 256 g/mol. The molecule has 0 aromatic heterocycles. The van der Waals surface area contributed by atoms with Crippen molar-refractivity contribution in [2.45, 2.75) is 68.7 Å². The van der Waals surface area contributed by atoms with Crippen LogP contribution in [-0.4, -0.2) is 0 Å². The molecule has 0 N–H and O–H groups in total. The average Bonchev–Trinajstić information content (AvgIpc) is 2.53. The molecule has 21 heavy (non-hydrogen) atoms. The second kappa shape index (κ2) is 26.9. The zero-order valence-corrected chi connectivity index (χ0v) is 15.9. The van der Waals surface area contributed by atoms with Crippen molar-refractivity contribution in [3.8, 4) is 0 Å². The molecule has 0 aliphatic rings. The quantitative estimate of drug-likeness (QED) is 0.362. The van der Waals surface area contributed by atoms with Gasteiger partial charge in [-0.1, -0.05) is 79.9 Å². The van der Waals surface area contributed by atoms with Crippen molar-refractivity contribution >= 4 is 0 Å². The standard InChI is InChI=1S/C14H20O.3C2H6/c1-6-9-12(4)14(11-8-3)15-13(5)10-7-2;3*1-2/h7-11H,3,5-6H2,1-2,4H3;3*1-2H3/b10-7-,12-9-,14-11+;;;. The van der Waals surface area contributed by atoms with E-state index in [-0.39, 0.29) is 0 Å². The van der Waals surface area contributed by atoms with E-state index in [0.29, 0.717) is 5.76 Å². The van der Waals surface area contributed by atoms with Crippen molar-refractivity contribution in [1.82, 2.24) is 0 Å². The predicted octanol–water partition coefficient (Wildman–Crippen LogP) is 7.60. The first-order valence-electron chi connectivity index (χ1n) is 8.15. The third-order valence-corrected chi connectivity index (χ3v) is 1.76. The fraction of sp³-hybridized carbons (Fsp3) is 0.500. The molecule has 0 heterocycles. The van der Waals surface area contributed by atoms with Gasteiger partial charge in [0.15, 0.2) is 0 Å². The first kappa shape index (κ1) is 27.8. The zero-order valence-electron chi connectivity index (χ0n) is 15.9. The maximum atomic E-state index is 5.59. The number of hydrogen-bond donors (Lipinski definition) is 0. The Bertz CT molecular complexity index is 304. The minimum Gasteiger partial charge on any atom is -0.458 e. The van der Waals surface area contributed by atoms with Crippen molar-refractivity contribution in [3.05, 3.63) is 60.6 Å². The highest BCUT2D eigenvalue weighted by molar-refractivity contribution is 5.29. The molecule has 0 saturated carbocycles. The summed E-state index contributed by atoms with van der Waals surface area (Å²) in [6, 6.07) is 0. The fourth-order valence-electron chi connectivity index (χ4n) is 1.12. The minimum atomic E-state index is 0.634. The van der Waals surface area contributed by atoms with Gasteiger partial charge in [0.25, 0.3) is 0 Å². The maximum Gasteiger partial charge on any atom is 0.129 e. The van der Waals surface area contributed by atoms with Crippen LogP contribution >= 0.6 is 0 Å². The van der Waals surface area contributed by atoms with Crippen LogP contribution in [0.2, 0.25) is 0 Å². The normalized spacial score (nSPS) is 10.1. The predicted molar refractivity (Wildman–Crippen MR) is 101 cm³/mol. The van der Waals surface area contributed by atoms with Gasteiger partial charge in [0.1, 0.15) is 11.5 Å². The summed E-state index contributed by atoms with van der Waals surface area (Å²) < 4.78 is 5.59. The zero-order chi connectivity index (χ0) is 17.7. The van der Waals surface area contributed by atoms with E-state index in [1.54, 1.807) is 6.08 Å². The van der Waals surface area contributed by atoms with E-state index < -0.39 is 0 Å². The van der Waals surface area contributed by atoms with Crippen LogP contribution in [0.5, 0.6) is 0 Å². The highest BCUT2D eigenvalue weighted by Crippen LogP contribution is 2.16. The molecule has 0 rings (SSSR count). The van der Waals surface area contributed by atoms with Crippen molar-refractivity contribution in [1.29, 1.82) is 0 Å². The van der Waals surface area contributed by atoms with Gasteiger partial charge in [0.05, 0.1) is 0 Å². The molecule has 124 valence electrons. The molecule has 0 unspecified atom stereocenters. The molecule has 0 saturated heterocycles. The molecule has 0 amide bonds. The van der Waals surface area contributed by atoms with Gasteiger partial charge in [-0.3, -0.25) is 0 Å². The SMILES string of the molecule is C=C/C=C(OC(=C)/C=C\C)\C(C)=C/CC.CC.CC.CC. The van der Waals surface area contributed by atoms with Gasteiger partial charge < -0.3 is 4.74 Å². The third kappa shape index (κ3) is 21.0. The molecule has 0 atom stereocenters. The van der Waals surface area contributed by atoms with E-state index in [0.717, 1.165) is 17.8 Å². The highest BCUT2D eigenvalue weighted by atomic mass is 16.5. The van der Waals surface area contributed by atoms with Gasteiger partial charge in [-0.05, 0) is 38.0 Å². The van der Waals surface area contributed by atoms with Gasteiger partial charge >= 0.3 is 0 Å². The topological polar surface area (TPSA) is 9.23 Å². The molecule has 0 fully saturated rings. The Kier molecular flexibility index (Phi) is 35.6. The molecule has 1 nitrogen and oxygen atoms in total. The molecule has 0 radical (unpaired) electrons. The Morgan fingerprint density at radius 1 is 1.05 bits per heavy atom. The smallest absolute Gasteiger partial charge is 0.129 e. The Morgan fingerprint density at radius 2 is 1.52 bits per heavy atom. The molecule has 0 bridgehead atoms. The van der Waals surface area contributed by atoms with Crippen LogP contribution < -0.4 is 0 Å². The second-order valence-corrected chi connectivity index (χ2v) is 3.13. The molecule has 0 aliphatic heterocycles. The largest absolute Gasteiger partial charge is 0.458 e. The van der Waals surface area contributed by atoms with Crippen LogP contribution in [-0.2, 0) is 4.74 Å². The molecule has 0 aromatic rings. The van der Waals surface area contributed by atoms with Crippen LogP contribution in [0, 0.1) is 0 Å². The van der Waals surface area contributed by atoms with Gasteiger partial charge in [0.2, 0.25) is 0 Å². The first-order valence-corrected chi connectivity index (χ1v) is 8.15. The van der Waals surface area contributed by atoms with Crippen molar-refractivity contribution in [2.24, 2.45) is 0 Å². The summed E-state index contributed by atoms with van der Waals surface area (Å²) in [6.45, 7) is 25.5. The number of rotatable bonds is 6. The van der Waals surface area contributed by atoms with Crippen LogP contribution in [0.1, 0.15) is 68.7 Å². The minimum absolute atomic E-state index is 0.634. The van der Waals surface area contributed by atoms with E-state index in [2.05, 4.69) is 26.2 Å². The van der Waals surface area contributed by atoms with Crippen LogP contribution in [0.3, 0.4) is 0 Å². The Labute approximate surface area is 134 Å². The summed E-state index contributed by atoms with van der Waals surface area (Å²) in [6.07, 6.45) is 10.4. The Hall–Kier alpha value is -1.50. The summed E-state index contributed by atoms with van der Waals surface area (Å²) >= 11 is 0. The van der Waals surface area contributed by atoms with Gasteiger partial charge in [0, 0.05) is 0 Å². The maximum absolute atomic E-state index is 5.59. The number of hydrogen-bond acceptors (Lipinski definition) is 1. The van der Waals surface area contributed by atoms with E-state index in [9.17, 15) is 0 Å². The lowest BCUT2D eigenvalue weighted by atomic mass is 10.2. The lowest BCUT2D eigenvalue weighted by molar-refractivity contribution is 0.331. The molecule has 0 aliphatic carbocycles. The molecule has 1 heteroatoms. The van der Waals surface area contributed by atoms with Crippen molar-refractivity contribution < 1.29 is 4.74 Å². The average molecular weight is 295 g/mol.